The lowest BCUT2D eigenvalue weighted by Gasteiger charge is -2.11. The number of nitrogens with zero attached hydrogens (tertiary/aromatic N) is 2. The Kier molecular flexibility index (Phi) is 5.97. The summed E-state index contributed by atoms with van der Waals surface area (Å²) in [6.07, 6.45) is -4.74. The Morgan fingerprint density at radius 3 is 2.47 bits per heavy atom. The van der Waals surface area contributed by atoms with Gasteiger partial charge in [0.1, 0.15) is 0 Å². The van der Waals surface area contributed by atoms with Gasteiger partial charge in [-0.25, -0.2) is 4.79 Å². The van der Waals surface area contributed by atoms with Gasteiger partial charge in [-0.05, 0) is 24.3 Å². The second-order valence-corrected chi connectivity index (χ2v) is 6.32. The predicted octanol–water partition coefficient (Wildman–Crippen LogP) is 4.26. The van der Waals surface area contributed by atoms with Gasteiger partial charge in [0.15, 0.2) is 12.3 Å². The Hall–Kier alpha value is -3.53. The van der Waals surface area contributed by atoms with Crippen LogP contribution in [0.5, 0.6) is 5.88 Å². The minimum atomic E-state index is -4.74. The highest BCUT2D eigenvalue weighted by Crippen LogP contribution is 2.33. The van der Waals surface area contributed by atoms with E-state index >= 15 is 0 Å². The number of benzene rings is 2. The first-order valence-corrected chi connectivity index (χ1v) is 8.71. The number of aromatic nitrogens is 2. The van der Waals surface area contributed by atoms with Crippen LogP contribution in [0, 0.1) is 0 Å². The molecule has 156 valence electrons. The number of hydrogen-bond acceptors (Lipinski definition) is 4. The van der Waals surface area contributed by atoms with Gasteiger partial charge in [0, 0.05) is 6.07 Å². The molecule has 0 atom stereocenters. The molecule has 1 aromatic heterocycles. The molecule has 0 bridgehead atoms. The third-order valence-electron chi connectivity index (χ3n) is 3.83. The number of hydrogen-bond donors (Lipinski definition) is 2. The monoisotopic (exact) mass is 439 g/mol. The van der Waals surface area contributed by atoms with Gasteiger partial charge < -0.3 is 15.2 Å². The van der Waals surface area contributed by atoms with Crippen molar-refractivity contribution in [2.24, 2.45) is 0 Å². The maximum atomic E-state index is 13.1. The molecular weight excluding hydrogens is 427 g/mol. The molecule has 3 rings (SSSR count). The van der Waals surface area contributed by atoms with Crippen molar-refractivity contribution >= 4 is 29.2 Å². The molecule has 2 N–H and O–H groups in total. The fourth-order valence-electron chi connectivity index (χ4n) is 2.51. The van der Waals surface area contributed by atoms with Gasteiger partial charge in [0.25, 0.3) is 5.91 Å². The van der Waals surface area contributed by atoms with Crippen LogP contribution in [-0.4, -0.2) is 33.4 Å². The summed E-state index contributed by atoms with van der Waals surface area (Å²) in [6.45, 7) is -0.693. The van der Waals surface area contributed by atoms with Crippen molar-refractivity contribution in [1.82, 2.24) is 9.78 Å². The van der Waals surface area contributed by atoms with Gasteiger partial charge in [-0.1, -0.05) is 35.9 Å². The molecule has 0 radical (unpaired) electrons. The lowest BCUT2D eigenvalue weighted by Crippen LogP contribution is -2.22. The Morgan fingerprint density at radius 2 is 1.80 bits per heavy atom. The predicted molar refractivity (Wildman–Crippen MR) is 101 cm³/mol. The number of aromatic carboxylic acids is 1. The normalized spacial score (nSPS) is 11.2. The molecule has 0 spiro atoms. The van der Waals surface area contributed by atoms with E-state index in [2.05, 4.69) is 10.4 Å². The highest BCUT2D eigenvalue weighted by molar-refractivity contribution is 6.32. The Balaban J connectivity index is 1.83. The van der Waals surface area contributed by atoms with Crippen LogP contribution < -0.4 is 10.1 Å². The smallest absolute Gasteiger partial charge is 0.435 e. The van der Waals surface area contributed by atoms with Gasteiger partial charge in [0.05, 0.1) is 22.0 Å². The van der Waals surface area contributed by atoms with Crippen LogP contribution >= 0.6 is 11.6 Å². The quantitative estimate of drug-likeness (QED) is 0.598. The van der Waals surface area contributed by atoms with Gasteiger partial charge in [-0.15, -0.1) is 0 Å². The van der Waals surface area contributed by atoms with Crippen molar-refractivity contribution in [2.75, 3.05) is 11.9 Å². The molecule has 0 fully saturated rings. The fraction of sp³-hybridized carbons (Fsp3) is 0.105. The van der Waals surface area contributed by atoms with E-state index in [9.17, 15) is 22.8 Å². The molecule has 30 heavy (non-hydrogen) atoms. The number of carbonyl (C=O) groups is 2. The zero-order chi connectivity index (χ0) is 21.9. The zero-order valence-electron chi connectivity index (χ0n) is 15.0. The SMILES string of the molecule is O=C(COc1cc(C(F)(F)F)nn1-c1ccccc1Cl)Nc1ccccc1C(=O)O. The molecule has 0 unspecified atom stereocenters. The van der Waals surface area contributed by atoms with Gasteiger partial charge in [0.2, 0.25) is 5.88 Å². The van der Waals surface area contributed by atoms with E-state index in [0.717, 1.165) is 4.68 Å². The first-order valence-electron chi connectivity index (χ1n) is 8.34. The summed E-state index contributed by atoms with van der Waals surface area (Å²) < 4.78 is 45.4. The number of rotatable bonds is 6. The summed E-state index contributed by atoms with van der Waals surface area (Å²) in [5.41, 5.74) is -1.23. The maximum absolute atomic E-state index is 13.1. The topological polar surface area (TPSA) is 93.5 Å². The van der Waals surface area contributed by atoms with E-state index in [0.29, 0.717) is 6.07 Å². The number of para-hydroxylation sites is 2. The van der Waals surface area contributed by atoms with Crippen molar-refractivity contribution in [1.29, 1.82) is 0 Å². The van der Waals surface area contributed by atoms with Crippen LogP contribution in [-0.2, 0) is 11.0 Å². The van der Waals surface area contributed by atoms with Crippen LogP contribution in [0.25, 0.3) is 5.69 Å². The van der Waals surface area contributed by atoms with Crippen LogP contribution in [0.1, 0.15) is 16.1 Å². The Morgan fingerprint density at radius 1 is 1.13 bits per heavy atom. The number of carboxylic acids is 1. The molecule has 2 aromatic carbocycles. The average molecular weight is 440 g/mol. The third kappa shape index (κ3) is 4.71. The summed E-state index contributed by atoms with van der Waals surface area (Å²) >= 11 is 6.04. The second-order valence-electron chi connectivity index (χ2n) is 5.92. The van der Waals surface area contributed by atoms with Crippen molar-refractivity contribution < 1.29 is 32.6 Å². The van der Waals surface area contributed by atoms with Crippen molar-refractivity contribution in [3.63, 3.8) is 0 Å². The molecule has 1 heterocycles. The first-order chi connectivity index (χ1) is 14.2. The summed E-state index contributed by atoms with van der Waals surface area (Å²) in [4.78, 5) is 23.4. The molecule has 0 aliphatic carbocycles. The zero-order valence-corrected chi connectivity index (χ0v) is 15.7. The van der Waals surface area contributed by atoms with Crippen LogP contribution in [0.4, 0.5) is 18.9 Å². The van der Waals surface area contributed by atoms with E-state index in [1.54, 1.807) is 12.1 Å². The minimum Gasteiger partial charge on any atom is -0.478 e. The molecule has 0 saturated carbocycles. The molecule has 11 heteroatoms. The summed E-state index contributed by atoms with van der Waals surface area (Å²) in [5.74, 6) is -2.39. The van der Waals surface area contributed by atoms with Crippen LogP contribution in [0.2, 0.25) is 5.02 Å². The van der Waals surface area contributed by atoms with E-state index in [-0.39, 0.29) is 27.8 Å². The third-order valence-corrected chi connectivity index (χ3v) is 4.15. The molecule has 7 nitrogen and oxygen atoms in total. The summed E-state index contributed by atoms with van der Waals surface area (Å²) in [5, 5.41) is 15.1. The summed E-state index contributed by atoms with van der Waals surface area (Å²) in [6, 6.07) is 12.3. The lowest BCUT2D eigenvalue weighted by atomic mass is 10.2. The number of carboxylic acid groups (broad SMARTS) is 1. The molecule has 0 aliphatic heterocycles. The van der Waals surface area contributed by atoms with Crippen molar-refractivity contribution in [3.05, 3.63) is 70.9 Å². The Bertz CT molecular complexity index is 1100. The number of nitrogens with one attached hydrogen (secondary N) is 1. The molecule has 1 amide bonds. The average Bonchev–Trinajstić information content (AvgIpc) is 3.11. The van der Waals surface area contributed by atoms with E-state index in [4.69, 9.17) is 21.4 Å². The van der Waals surface area contributed by atoms with Crippen LogP contribution in [0.3, 0.4) is 0 Å². The second kappa shape index (κ2) is 8.46. The Labute approximate surface area is 172 Å². The molecular formula is C19H13ClF3N3O4. The van der Waals surface area contributed by atoms with E-state index < -0.39 is 30.4 Å². The van der Waals surface area contributed by atoms with Gasteiger partial charge in [-0.3, -0.25) is 4.79 Å². The maximum Gasteiger partial charge on any atom is 0.435 e. The molecule has 3 aromatic rings. The highest BCUT2D eigenvalue weighted by Gasteiger charge is 2.36. The van der Waals surface area contributed by atoms with E-state index in [1.807, 2.05) is 0 Å². The minimum absolute atomic E-state index is 0.0224. The standard InChI is InChI=1S/C19H13ClF3N3O4/c20-12-6-2-4-8-14(12)26-17(9-15(25-26)19(21,22)23)30-10-16(27)24-13-7-3-1-5-11(13)18(28)29/h1-9H,10H2,(H,24,27)(H,28,29). The van der Waals surface area contributed by atoms with Gasteiger partial charge in [-0.2, -0.15) is 23.0 Å². The van der Waals surface area contributed by atoms with Crippen molar-refractivity contribution in [2.45, 2.75) is 6.18 Å². The highest BCUT2D eigenvalue weighted by atomic mass is 35.5. The van der Waals surface area contributed by atoms with E-state index in [1.165, 1.54) is 36.4 Å². The van der Waals surface area contributed by atoms with Gasteiger partial charge >= 0.3 is 12.1 Å². The number of carbonyl (C=O) groups excluding carboxylic acids is 1. The number of alkyl halides is 3. The number of halogens is 4. The molecule has 0 aliphatic rings. The van der Waals surface area contributed by atoms with Crippen molar-refractivity contribution in [3.8, 4) is 11.6 Å². The largest absolute Gasteiger partial charge is 0.478 e. The number of amides is 1. The lowest BCUT2D eigenvalue weighted by molar-refractivity contribution is -0.141. The fourth-order valence-corrected chi connectivity index (χ4v) is 2.72. The molecule has 0 saturated heterocycles. The number of ether oxygens (including phenoxy) is 1. The van der Waals surface area contributed by atoms with Crippen LogP contribution in [0.15, 0.2) is 54.6 Å². The summed E-state index contributed by atoms with van der Waals surface area (Å²) in [7, 11) is 0. The number of anilines is 1. The first kappa shape index (κ1) is 21.2.